The van der Waals surface area contributed by atoms with Gasteiger partial charge in [0.25, 0.3) is 5.91 Å². The summed E-state index contributed by atoms with van der Waals surface area (Å²) in [7, 11) is 0. The lowest BCUT2D eigenvalue weighted by Gasteiger charge is -2.27. The number of nitrogens with one attached hydrogen (secondary N) is 1. The van der Waals surface area contributed by atoms with Crippen molar-refractivity contribution in [1.29, 1.82) is 0 Å². The van der Waals surface area contributed by atoms with Crippen molar-refractivity contribution in [2.45, 2.75) is 38.6 Å². The minimum absolute atomic E-state index is 0.154. The van der Waals surface area contributed by atoms with Crippen LogP contribution >= 0.6 is 22.6 Å². The summed E-state index contributed by atoms with van der Waals surface area (Å²) < 4.78 is 13.9. The quantitative estimate of drug-likeness (QED) is 0.799. The maximum absolute atomic E-state index is 13.2. The predicted octanol–water partition coefficient (Wildman–Crippen LogP) is 3.74. The Morgan fingerprint density at radius 1 is 1.33 bits per heavy atom. The van der Waals surface area contributed by atoms with Crippen LogP contribution in [-0.4, -0.2) is 11.9 Å². The van der Waals surface area contributed by atoms with Crippen molar-refractivity contribution in [3.05, 3.63) is 33.1 Å². The summed E-state index contributed by atoms with van der Waals surface area (Å²) in [6.45, 7) is 2.24. The van der Waals surface area contributed by atoms with Crippen molar-refractivity contribution < 1.29 is 9.18 Å². The number of benzene rings is 1. The van der Waals surface area contributed by atoms with Gasteiger partial charge in [0.1, 0.15) is 5.82 Å². The fraction of sp³-hybridized carbons (Fsp3) is 0.500. The predicted molar refractivity (Wildman–Crippen MR) is 78.0 cm³/mol. The molecule has 0 radical (unpaired) electrons. The molecule has 0 aliphatic heterocycles. The molecule has 1 aliphatic rings. The van der Waals surface area contributed by atoms with Crippen LogP contribution in [0.25, 0.3) is 0 Å². The molecule has 1 amide bonds. The topological polar surface area (TPSA) is 29.1 Å². The van der Waals surface area contributed by atoms with Gasteiger partial charge in [0.15, 0.2) is 0 Å². The van der Waals surface area contributed by atoms with Gasteiger partial charge >= 0.3 is 0 Å². The molecule has 0 unspecified atom stereocenters. The van der Waals surface area contributed by atoms with Crippen molar-refractivity contribution in [3.63, 3.8) is 0 Å². The van der Waals surface area contributed by atoms with E-state index >= 15 is 0 Å². The van der Waals surface area contributed by atoms with Gasteiger partial charge in [-0.15, -0.1) is 0 Å². The van der Waals surface area contributed by atoms with Crippen LogP contribution in [0.3, 0.4) is 0 Å². The third-order valence-corrected chi connectivity index (χ3v) is 4.46. The summed E-state index contributed by atoms with van der Waals surface area (Å²) in [6.07, 6.45) is 4.37. The third-order valence-electron chi connectivity index (χ3n) is 3.52. The fourth-order valence-corrected chi connectivity index (χ4v) is 2.92. The molecule has 0 heterocycles. The van der Waals surface area contributed by atoms with Crippen LogP contribution in [0.5, 0.6) is 0 Å². The van der Waals surface area contributed by atoms with Crippen molar-refractivity contribution >= 4 is 28.5 Å². The van der Waals surface area contributed by atoms with Crippen molar-refractivity contribution in [2.24, 2.45) is 5.92 Å². The molecule has 1 fully saturated rings. The molecule has 1 aromatic carbocycles. The summed E-state index contributed by atoms with van der Waals surface area (Å²) in [5.41, 5.74) is 0.439. The second-order valence-electron chi connectivity index (χ2n) is 5.05. The van der Waals surface area contributed by atoms with E-state index in [1.807, 2.05) is 0 Å². The first-order valence-corrected chi connectivity index (χ1v) is 7.40. The highest BCUT2D eigenvalue weighted by Gasteiger charge is 2.21. The van der Waals surface area contributed by atoms with Crippen molar-refractivity contribution in [1.82, 2.24) is 5.32 Å². The highest BCUT2D eigenvalue weighted by Crippen LogP contribution is 2.24. The van der Waals surface area contributed by atoms with Crippen LogP contribution in [0.4, 0.5) is 4.39 Å². The van der Waals surface area contributed by atoms with E-state index in [1.165, 1.54) is 12.1 Å². The van der Waals surface area contributed by atoms with E-state index in [1.54, 1.807) is 6.07 Å². The van der Waals surface area contributed by atoms with Gasteiger partial charge in [0.05, 0.1) is 5.56 Å². The van der Waals surface area contributed by atoms with Crippen LogP contribution in [0.1, 0.15) is 43.0 Å². The average molecular weight is 361 g/mol. The van der Waals surface area contributed by atoms with Crippen LogP contribution in [-0.2, 0) is 0 Å². The Kier molecular flexibility index (Phi) is 4.59. The minimum Gasteiger partial charge on any atom is -0.349 e. The van der Waals surface area contributed by atoms with Crippen molar-refractivity contribution in [2.75, 3.05) is 0 Å². The molecule has 4 heteroatoms. The molecule has 0 saturated heterocycles. The zero-order chi connectivity index (χ0) is 13.1. The molecule has 0 atom stereocenters. The Balaban J connectivity index is 2.01. The average Bonchev–Trinajstić information content (AvgIpc) is 2.35. The van der Waals surface area contributed by atoms with E-state index in [-0.39, 0.29) is 17.8 Å². The first-order valence-electron chi connectivity index (χ1n) is 6.32. The second kappa shape index (κ2) is 5.99. The molecular weight excluding hydrogens is 344 g/mol. The summed E-state index contributed by atoms with van der Waals surface area (Å²) in [4.78, 5) is 12.1. The van der Waals surface area contributed by atoms with Crippen LogP contribution in [0, 0.1) is 15.3 Å². The summed E-state index contributed by atoms with van der Waals surface area (Å²) in [6, 6.07) is 4.56. The molecule has 1 N–H and O–H groups in total. The highest BCUT2D eigenvalue weighted by molar-refractivity contribution is 14.1. The highest BCUT2D eigenvalue weighted by atomic mass is 127. The van der Waals surface area contributed by atoms with Crippen LogP contribution in [0.2, 0.25) is 0 Å². The molecular formula is C14H17FINO. The minimum atomic E-state index is -0.363. The van der Waals surface area contributed by atoms with Gasteiger partial charge in [-0.25, -0.2) is 4.39 Å². The molecule has 0 spiro atoms. The molecule has 98 valence electrons. The largest absolute Gasteiger partial charge is 0.349 e. The first kappa shape index (κ1) is 13.8. The molecule has 2 rings (SSSR count). The number of amides is 1. The Morgan fingerprint density at radius 2 is 2.00 bits per heavy atom. The van der Waals surface area contributed by atoms with Gasteiger partial charge in [0.2, 0.25) is 0 Å². The Hall–Kier alpha value is -0.650. The Labute approximate surface area is 120 Å². The van der Waals surface area contributed by atoms with E-state index in [0.29, 0.717) is 5.56 Å². The van der Waals surface area contributed by atoms with Crippen LogP contribution in [0.15, 0.2) is 18.2 Å². The Morgan fingerprint density at radius 3 is 2.67 bits per heavy atom. The van der Waals surface area contributed by atoms with Gasteiger partial charge in [-0.2, -0.15) is 0 Å². The van der Waals surface area contributed by atoms with Gasteiger partial charge < -0.3 is 5.32 Å². The van der Waals surface area contributed by atoms with Gasteiger partial charge in [-0.05, 0) is 72.4 Å². The zero-order valence-corrected chi connectivity index (χ0v) is 12.5. The molecule has 1 aliphatic carbocycles. The number of hydrogen-bond donors (Lipinski definition) is 1. The van der Waals surface area contributed by atoms with E-state index in [0.717, 1.165) is 35.2 Å². The van der Waals surface area contributed by atoms with E-state index in [4.69, 9.17) is 0 Å². The maximum atomic E-state index is 13.2. The smallest absolute Gasteiger partial charge is 0.252 e. The van der Waals surface area contributed by atoms with E-state index in [2.05, 4.69) is 34.8 Å². The zero-order valence-electron chi connectivity index (χ0n) is 10.4. The number of hydrogen-bond acceptors (Lipinski definition) is 1. The summed E-state index contributed by atoms with van der Waals surface area (Å²) in [5.74, 6) is 0.240. The standard InChI is InChI=1S/C14H17FINO/c1-9-2-5-11(6-3-9)17-14(18)12-8-10(15)4-7-13(12)16/h4,7-9,11H,2-3,5-6H2,1H3,(H,17,18). The van der Waals surface area contributed by atoms with Gasteiger partial charge in [0, 0.05) is 9.61 Å². The Bertz CT molecular complexity index is 441. The lowest BCUT2D eigenvalue weighted by atomic mass is 9.87. The molecule has 18 heavy (non-hydrogen) atoms. The molecule has 0 aromatic heterocycles. The van der Waals surface area contributed by atoms with E-state index < -0.39 is 0 Å². The first-order chi connectivity index (χ1) is 8.56. The normalized spacial score (nSPS) is 23.7. The summed E-state index contributed by atoms with van der Waals surface area (Å²) >= 11 is 2.06. The monoisotopic (exact) mass is 361 g/mol. The van der Waals surface area contributed by atoms with Gasteiger partial charge in [-0.3, -0.25) is 4.79 Å². The van der Waals surface area contributed by atoms with E-state index in [9.17, 15) is 9.18 Å². The second-order valence-corrected chi connectivity index (χ2v) is 6.22. The molecule has 1 aromatic rings. The number of carbonyl (C=O) groups is 1. The van der Waals surface area contributed by atoms with Crippen LogP contribution < -0.4 is 5.32 Å². The van der Waals surface area contributed by atoms with Crippen molar-refractivity contribution in [3.8, 4) is 0 Å². The fourth-order valence-electron chi connectivity index (χ4n) is 2.34. The third kappa shape index (κ3) is 3.43. The molecule has 1 saturated carbocycles. The van der Waals surface area contributed by atoms with Gasteiger partial charge in [-0.1, -0.05) is 6.92 Å². The number of carbonyl (C=O) groups excluding carboxylic acids is 1. The molecule has 2 nitrogen and oxygen atoms in total. The number of halogens is 2. The lowest BCUT2D eigenvalue weighted by molar-refractivity contribution is 0.0921. The lowest BCUT2D eigenvalue weighted by Crippen LogP contribution is -2.37. The summed E-state index contributed by atoms with van der Waals surface area (Å²) in [5, 5.41) is 3.01. The SMILES string of the molecule is CC1CCC(NC(=O)c2cc(F)ccc2I)CC1. The number of rotatable bonds is 2. The maximum Gasteiger partial charge on any atom is 0.252 e. The molecule has 0 bridgehead atoms.